The second-order valence-electron chi connectivity index (χ2n) is 8.08. The summed E-state index contributed by atoms with van der Waals surface area (Å²) in [6.07, 6.45) is 2.92. The van der Waals surface area contributed by atoms with E-state index in [9.17, 15) is 22.4 Å². The molecule has 11 heteroatoms. The number of anilines is 1. The van der Waals surface area contributed by atoms with Crippen LogP contribution >= 0.6 is 23.2 Å². The fourth-order valence-electron chi connectivity index (χ4n) is 3.48. The van der Waals surface area contributed by atoms with Crippen molar-refractivity contribution in [3.8, 4) is 0 Å². The minimum absolute atomic E-state index is 0.0142. The normalized spacial score (nSPS) is 12.2. The van der Waals surface area contributed by atoms with Crippen LogP contribution in [0.2, 0.25) is 10.0 Å². The number of carbonyl (C=O) groups is 2. The highest BCUT2D eigenvalue weighted by Crippen LogP contribution is 2.31. The summed E-state index contributed by atoms with van der Waals surface area (Å²) in [7, 11) is -3.94. The fraction of sp³-hybridized carbons (Fsp3) is 0.417. The molecule has 192 valence electrons. The first-order chi connectivity index (χ1) is 16.5. The lowest BCUT2D eigenvalue weighted by Crippen LogP contribution is -2.52. The molecule has 0 bridgehead atoms. The quantitative estimate of drug-likeness (QED) is 0.394. The van der Waals surface area contributed by atoms with Crippen LogP contribution in [-0.2, 0) is 26.2 Å². The van der Waals surface area contributed by atoms with Gasteiger partial charge in [0.05, 0.1) is 17.0 Å². The van der Waals surface area contributed by atoms with Gasteiger partial charge in [-0.25, -0.2) is 12.8 Å². The standard InChI is InChI=1S/C24H30Cl2FN3O4S/c1-4-6-13-28-24(32)21(5-2)29(15-17-7-10-19(27)11-8-17)23(31)16-30(35(3,33)34)22-14-18(25)9-12-20(22)26/h7-12,14,21H,4-6,13,15-16H2,1-3H3,(H,28,32). The summed E-state index contributed by atoms with van der Waals surface area (Å²) >= 11 is 12.3. The van der Waals surface area contributed by atoms with Crippen LogP contribution in [0.15, 0.2) is 42.5 Å². The van der Waals surface area contributed by atoms with E-state index in [0.29, 0.717) is 18.5 Å². The Labute approximate surface area is 216 Å². The Kier molecular flexibility index (Phi) is 10.8. The van der Waals surface area contributed by atoms with Crippen molar-refractivity contribution < 1.29 is 22.4 Å². The highest BCUT2D eigenvalue weighted by atomic mass is 35.5. The summed E-state index contributed by atoms with van der Waals surface area (Å²) in [6.45, 7) is 3.60. The lowest BCUT2D eigenvalue weighted by Gasteiger charge is -2.33. The lowest BCUT2D eigenvalue weighted by atomic mass is 10.1. The molecule has 0 saturated heterocycles. The Balaban J connectivity index is 2.43. The number of nitrogens with zero attached hydrogens (tertiary/aromatic N) is 2. The molecule has 2 aromatic rings. The third kappa shape index (κ3) is 8.37. The molecular weight excluding hydrogens is 516 g/mol. The number of nitrogens with one attached hydrogen (secondary N) is 1. The van der Waals surface area contributed by atoms with Gasteiger partial charge in [0.1, 0.15) is 18.4 Å². The Morgan fingerprint density at radius 3 is 2.31 bits per heavy atom. The van der Waals surface area contributed by atoms with E-state index < -0.39 is 34.3 Å². The van der Waals surface area contributed by atoms with Crippen LogP contribution in [0.5, 0.6) is 0 Å². The third-order valence-electron chi connectivity index (χ3n) is 5.34. The number of amides is 2. The van der Waals surface area contributed by atoms with Gasteiger partial charge in [0, 0.05) is 18.1 Å². The van der Waals surface area contributed by atoms with Crippen LogP contribution in [-0.4, -0.2) is 50.5 Å². The van der Waals surface area contributed by atoms with Crippen LogP contribution in [0, 0.1) is 5.82 Å². The molecular formula is C24H30Cl2FN3O4S. The summed E-state index contributed by atoms with van der Waals surface area (Å²) in [4.78, 5) is 27.8. The smallest absolute Gasteiger partial charge is 0.244 e. The molecule has 35 heavy (non-hydrogen) atoms. The maximum Gasteiger partial charge on any atom is 0.244 e. The van der Waals surface area contributed by atoms with Gasteiger partial charge < -0.3 is 10.2 Å². The monoisotopic (exact) mass is 545 g/mol. The predicted molar refractivity (Wildman–Crippen MR) is 138 cm³/mol. The summed E-state index contributed by atoms with van der Waals surface area (Å²) in [5.74, 6) is -1.40. The first-order valence-corrected chi connectivity index (χ1v) is 13.8. The van der Waals surface area contributed by atoms with Gasteiger partial charge in [0.15, 0.2) is 0 Å². The molecule has 0 fully saturated rings. The molecule has 0 radical (unpaired) electrons. The first kappa shape index (κ1) is 28.9. The van der Waals surface area contributed by atoms with Crippen molar-refractivity contribution in [1.29, 1.82) is 0 Å². The van der Waals surface area contributed by atoms with Gasteiger partial charge in [-0.15, -0.1) is 0 Å². The van der Waals surface area contributed by atoms with Crippen molar-refractivity contribution >= 4 is 50.7 Å². The molecule has 2 amide bonds. The predicted octanol–water partition coefficient (Wildman–Crippen LogP) is 4.62. The average Bonchev–Trinajstić information content (AvgIpc) is 2.79. The van der Waals surface area contributed by atoms with Crippen LogP contribution in [0.25, 0.3) is 0 Å². The summed E-state index contributed by atoms with van der Waals surface area (Å²) in [5.41, 5.74) is 0.642. The highest BCUT2D eigenvalue weighted by molar-refractivity contribution is 7.92. The molecule has 0 aromatic heterocycles. The number of benzene rings is 2. The topological polar surface area (TPSA) is 86.8 Å². The molecule has 2 rings (SSSR count). The molecule has 1 atom stereocenters. The molecule has 0 heterocycles. The van der Waals surface area contributed by atoms with Crippen LogP contribution in [0.3, 0.4) is 0 Å². The second kappa shape index (κ2) is 13.1. The number of halogens is 3. The van der Waals surface area contributed by atoms with Crippen molar-refractivity contribution in [3.05, 3.63) is 63.9 Å². The van der Waals surface area contributed by atoms with Crippen LogP contribution < -0.4 is 9.62 Å². The minimum Gasteiger partial charge on any atom is -0.354 e. The van der Waals surface area contributed by atoms with Crippen molar-refractivity contribution in [2.24, 2.45) is 0 Å². The highest BCUT2D eigenvalue weighted by Gasteiger charge is 2.32. The number of hydrogen-bond donors (Lipinski definition) is 1. The van der Waals surface area contributed by atoms with E-state index in [-0.39, 0.29) is 28.2 Å². The molecule has 7 nitrogen and oxygen atoms in total. The van der Waals surface area contributed by atoms with Crippen molar-refractivity contribution in [1.82, 2.24) is 10.2 Å². The van der Waals surface area contributed by atoms with Gasteiger partial charge in [0.25, 0.3) is 0 Å². The Morgan fingerprint density at radius 2 is 1.74 bits per heavy atom. The summed E-state index contributed by atoms with van der Waals surface area (Å²) < 4.78 is 39.6. The number of unbranched alkanes of at least 4 members (excludes halogenated alkanes) is 1. The average molecular weight is 546 g/mol. The first-order valence-electron chi connectivity index (χ1n) is 11.2. The third-order valence-corrected chi connectivity index (χ3v) is 7.02. The summed E-state index contributed by atoms with van der Waals surface area (Å²) in [5, 5.41) is 3.18. The van der Waals surface area contributed by atoms with Crippen molar-refractivity contribution in [2.45, 2.75) is 45.7 Å². The van der Waals surface area contributed by atoms with E-state index >= 15 is 0 Å². The SMILES string of the molecule is CCCCNC(=O)C(CC)N(Cc1ccc(F)cc1)C(=O)CN(c1cc(Cl)ccc1Cl)S(C)(=O)=O. The zero-order valence-electron chi connectivity index (χ0n) is 19.9. The Hall–Kier alpha value is -2.36. The van der Waals surface area contributed by atoms with Crippen molar-refractivity contribution in [2.75, 3.05) is 23.7 Å². The van der Waals surface area contributed by atoms with Crippen LogP contribution in [0.1, 0.15) is 38.7 Å². The van der Waals surface area contributed by atoms with Crippen LogP contribution in [0.4, 0.5) is 10.1 Å². The van der Waals surface area contributed by atoms with E-state index in [1.807, 2.05) is 6.92 Å². The Bertz CT molecular complexity index is 1130. The van der Waals surface area contributed by atoms with E-state index in [1.54, 1.807) is 6.92 Å². The number of carbonyl (C=O) groups excluding carboxylic acids is 2. The number of sulfonamides is 1. The maximum atomic E-state index is 13.6. The molecule has 0 saturated carbocycles. The molecule has 2 aromatic carbocycles. The molecule has 0 aliphatic heterocycles. The largest absolute Gasteiger partial charge is 0.354 e. The van der Waals surface area contributed by atoms with E-state index in [2.05, 4.69) is 5.32 Å². The van der Waals surface area contributed by atoms with E-state index in [4.69, 9.17) is 23.2 Å². The molecule has 0 spiro atoms. The molecule has 1 unspecified atom stereocenters. The molecule has 0 aliphatic carbocycles. The van der Waals surface area contributed by atoms with Gasteiger partial charge in [-0.1, -0.05) is 55.6 Å². The molecule has 0 aliphatic rings. The van der Waals surface area contributed by atoms with Gasteiger partial charge in [0.2, 0.25) is 21.8 Å². The van der Waals surface area contributed by atoms with Gasteiger partial charge >= 0.3 is 0 Å². The van der Waals surface area contributed by atoms with Crippen molar-refractivity contribution in [3.63, 3.8) is 0 Å². The van der Waals surface area contributed by atoms with Gasteiger partial charge in [-0.2, -0.15) is 0 Å². The zero-order chi connectivity index (χ0) is 26.2. The van der Waals surface area contributed by atoms with Gasteiger partial charge in [-0.3, -0.25) is 13.9 Å². The maximum absolute atomic E-state index is 13.6. The minimum atomic E-state index is -3.94. The van der Waals surface area contributed by atoms with E-state index in [1.165, 1.54) is 47.4 Å². The molecule has 1 N–H and O–H groups in total. The number of hydrogen-bond acceptors (Lipinski definition) is 4. The Morgan fingerprint density at radius 1 is 1.09 bits per heavy atom. The fourth-order valence-corrected chi connectivity index (χ4v) is 4.77. The zero-order valence-corrected chi connectivity index (χ0v) is 22.3. The second-order valence-corrected chi connectivity index (χ2v) is 10.8. The number of rotatable bonds is 12. The van der Waals surface area contributed by atoms with Gasteiger partial charge in [-0.05, 0) is 48.7 Å². The van der Waals surface area contributed by atoms with E-state index in [0.717, 1.165) is 23.4 Å². The lowest BCUT2D eigenvalue weighted by molar-refractivity contribution is -0.140. The summed E-state index contributed by atoms with van der Waals surface area (Å²) in [6, 6.07) is 8.99.